The summed E-state index contributed by atoms with van der Waals surface area (Å²) in [6, 6.07) is 3.41. The Morgan fingerprint density at radius 2 is 2.38 bits per heavy atom. The van der Waals surface area contributed by atoms with Crippen LogP contribution in [0.1, 0.15) is 5.69 Å². The van der Waals surface area contributed by atoms with Crippen LogP contribution in [-0.4, -0.2) is 16.7 Å². The van der Waals surface area contributed by atoms with Crippen molar-refractivity contribution in [2.75, 3.05) is 6.61 Å². The highest BCUT2D eigenvalue weighted by molar-refractivity contribution is 6.29. The molecule has 1 aromatic heterocycles. The van der Waals surface area contributed by atoms with Crippen LogP contribution in [0.15, 0.2) is 29.9 Å². The number of aromatic nitrogens is 1. The summed E-state index contributed by atoms with van der Waals surface area (Å²) >= 11 is 5.51. The van der Waals surface area contributed by atoms with Gasteiger partial charge in [0.05, 0.1) is 18.5 Å². The van der Waals surface area contributed by atoms with E-state index in [9.17, 15) is 0 Å². The van der Waals surface area contributed by atoms with Gasteiger partial charge in [-0.3, -0.25) is 4.98 Å². The molecule has 1 rings (SSSR count). The van der Waals surface area contributed by atoms with E-state index in [0.717, 1.165) is 0 Å². The molecule has 0 aliphatic heterocycles. The number of aliphatic hydroxyl groups excluding tert-OH is 1. The van der Waals surface area contributed by atoms with E-state index in [-0.39, 0.29) is 13.2 Å². The molecule has 0 radical (unpaired) electrons. The Morgan fingerprint density at radius 1 is 1.62 bits per heavy atom. The molecule has 70 valence electrons. The fourth-order valence-corrected chi connectivity index (χ4v) is 0.806. The monoisotopic (exact) mass is 199 g/mol. The number of hydrogen-bond donors (Lipinski definition) is 1. The predicted molar refractivity (Wildman–Crippen MR) is 50.6 cm³/mol. The second-order valence-electron chi connectivity index (χ2n) is 2.45. The second kappa shape index (κ2) is 4.84. The standard InChI is InChI=1S/C9H10ClNO2/c1-7(10)6-13-9-3-2-8(5-12)11-4-9/h2-4,12H,1,5-6H2. The predicted octanol–water partition coefficient (Wildman–Crippen LogP) is 1.71. The van der Waals surface area contributed by atoms with E-state index in [1.807, 2.05) is 0 Å². The van der Waals surface area contributed by atoms with E-state index >= 15 is 0 Å². The van der Waals surface area contributed by atoms with Crippen LogP contribution in [0.5, 0.6) is 5.75 Å². The number of ether oxygens (including phenoxy) is 1. The maximum atomic E-state index is 8.71. The van der Waals surface area contributed by atoms with E-state index in [1.54, 1.807) is 12.1 Å². The summed E-state index contributed by atoms with van der Waals surface area (Å²) in [5, 5.41) is 9.14. The van der Waals surface area contributed by atoms with Gasteiger partial charge < -0.3 is 9.84 Å². The molecule has 1 N–H and O–H groups in total. The highest BCUT2D eigenvalue weighted by Gasteiger charge is 1.95. The van der Waals surface area contributed by atoms with Crippen LogP contribution in [-0.2, 0) is 6.61 Å². The number of aliphatic hydroxyl groups is 1. The first kappa shape index (κ1) is 10.0. The van der Waals surface area contributed by atoms with E-state index < -0.39 is 0 Å². The van der Waals surface area contributed by atoms with Gasteiger partial charge in [-0.15, -0.1) is 0 Å². The lowest BCUT2D eigenvalue weighted by molar-refractivity contribution is 0.276. The lowest BCUT2D eigenvalue weighted by atomic mass is 10.3. The minimum Gasteiger partial charge on any atom is -0.486 e. The zero-order valence-corrected chi connectivity index (χ0v) is 7.79. The Labute approximate surface area is 81.6 Å². The quantitative estimate of drug-likeness (QED) is 0.803. The van der Waals surface area contributed by atoms with Gasteiger partial charge in [-0.05, 0) is 12.1 Å². The molecular formula is C9H10ClNO2. The zero-order valence-electron chi connectivity index (χ0n) is 7.03. The largest absolute Gasteiger partial charge is 0.486 e. The first-order chi connectivity index (χ1) is 6.22. The normalized spacial score (nSPS) is 9.69. The molecule has 0 saturated carbocycles. The summed E-state index contributed by atoms with van der Waals surface area (Å²) in [4.78, 5) is 3.93. The van der Waals surface area contributed by atoms with Crippen molar-refractivity contribution in [3.8, 4) is 5.75 Å². The van der Waals surface area contributed by atoms with Gasteiger partial charge >= 0.3 is 0 Å². The van der Waals surface area contributed by atoms with Crippen LogP contribution in [0.3, 0.4) is 0 Å². The fraction of sp³-hybridized carbons (Fsp3) is 0.222. The van der Waals surface area contributed by atoms with Gasteiger partial charge in [0.25, 0.3) is 0 Å². The van der Waals surface area contributed by atoms with Crippen LogP contribution < -0.4 is 4.74 Å². The van der Waals surface area contributed by atoms with E-state index in [2.05, 4.69) is 11.6 Å². The first-order valence-corrected chi connectivity index (χ1v) is 4.12. The van der Waals surface area contributed by atoms with E-state index in [0.29, 0.717) is 16.5 Å². The molecule has 4 heteroatoms. The highest BCUT2D eigenvalue weighted by atomic mass is 35.5. The highest BCUT2D eigenvalue weighted by Crippen LogP contribution is 2.10. The zero-order chi connectivity index (χ0) is 9.68. The van der Waals surface area contributed by atoms with E-state index in [1.165, 1.54) is 6.20 Å². The van der Waals surface area contributed by atoms with Gasteiger partial charge in [-0.2, -0.15) is 0 Å². The molecule has 1 aromatic rings. The summed E-state index contributed by atoms with van der Waals surface area (Å²) in [5.41, 5.74) is 0.608. The molecule has 1 heterocycles. The van der Waals surface area contributed by atoms with Crippen molar-refractivity contribution in [3.63, 3.8) is 0 Å². The summed E-state index contributed by atoms with van der Waals surface area (Å²) in [5.74, 6) is 0.610. The third-order valence-corrected chi connectivity index (χ3v) is 1.46. The molecule has 0 amide bonds. The molecule has 0 saturated heterocycles. The third-order valence-electron chi connectivity index (χ3n) is 1.36. The molecular weight excluding hydrogens is 190 g/mol. The molecule has 0 unspecified atom stereocenters. The number of nitrogens with zero attached hydrogens (tertiary/aromatic N) is 1. The van der Waals surface area contributed by atoms with Crippen molar-refractivity contribution in [2.45, 2.75) is 6.61 Å². The Hall–Kier alpha value is -1.06. The van der Waals surface area contributed by atoms with Crippen molar-refractivity contribution in [3.05, 3.63) is 35.6 Å². The molecule has 0 spiro atoms. The van der Waals surface area contributed by atoms with Crippen LogP contribution in [0.25, 0.3) is 0 Å². The number of hydrogen-bond acceptors (Lipinski definition) is 3. The van der Waals surface area contributed by atoms with Crippen LogP contribution in [0.2, 0.25) is 0 Å². The molecule has 0 fully saturated rings. The maximum Gasteiger partial charge on any atom is 0.138 e. The Balaban J connectivity index is 2.54. The Kier molecular flexibility index (Phi) is 3.73. The van der Waals surface area contributed by atoms with E-state index in [4.69, 9.17) is 21.4 Å². The average Bonchev–Trinajstić information content (AvgIpc) is 2.15. The SMILES string of the molecule is C=C(Cl)COc1ccc(CO)nc1. The molecule has 0 atom stereocenters. The maximum absolute atomic E-state index is 8.71. The summed E-state index contributed by atoms with van der Waals surface area (Å²) in [6.45, 7) is 3.68. The Morgan fingerprint density at radius 3 is 2.85 bits per heavy atom. The topological polar surface area (TPSA) is 42.4 Å². The van der Waals surface area contributed by atoms with Gasteiger partial charge in [0.15, 0.2) is 0 Å². The Bertz CT molecular complexity index is 284. The first-order valence-electron chi connectivity index (χ1n) is 3.74. The number of rotatable bonds is 4. The van der Waals surface area contributed by atoms with Gasteiger partial charge in [0.1, 0.15) is 12.4 Å². The van der Waals surface area contributed by atoms with Gasteiger partial charge in [0, 0.05) is 5.03 Å². The lowest BCUT2D eigenvalue weighted by Crippen LogP contribution is -1.97. The summed E-state index contributed by atoms with van der Waals surface area (Å²) in [7, 11) is 0. The molecule has 0 aliphatic rings. The summed E-state index contributed by atoms with van der Waals surface area (Å²) < 4.78 is 5.19. The average molecular weight is 200 g/mol. The number of pyridine rings is 1. The molecule has 3 nitrogen and oxygen atoms in total. The smallest absolute Gasteiger partial charge is 0.138 e. The minimum absolute atomic E-state index is 0.0670. The van der Waals surface area contributed by atoms with Crippen molar-refractivity contribution in [1.82, 2.24) is 4.98 Å². The van der Waals surface area contributed by atoms with Crippen molar-refractivity contribution < 1.29 is 9.84 Å². The van der Waals surface area contributed by atoms with Gasteiger partial charge in [-0.1, -0.05) is 18.2 Å². The second-order valence-corrected chi connectivity index (χ2v) is 2.98. The van der Waals surface area contributed by atoms with Gasteiger partial charge in [-0.25, -0.2) is 0 Å². The minimum atomic E-state index is -0.0670. The summed E-state index contributed by atoms with van der Waals surface area (Å²) in [6.07, 6.45) is 1.53. The lowest BCUT2D eigenvalue weighted by Gasteiger charge is -2.03. The van der Waals surface area contributed by atoms with Crippen LogP contribution >= 0.6 is 11.6 Å². The van der Waals surface area contributed by atoms with Crippen LogP contribution in [0.4, 0.5) is 0 Å². The molecule has 0 aliphatic carbocycles. The third kappa shape index (κ3) is 3.44. The fourth-order valence-electron chi connectivity index (χ4n) is 0.751. The molecule has 0 aromatic carbocycles. The van der Waals surface area contributed by atoms with Crippen LogP contribution in [0, 0.1) is 0 Å². The molecule has 0 bridgehead atoms. The van der Waals surface area contributed by atoms with Crippen molar-refractivity contribution >= 4 is 11.6 Å². The van der Waals surface area contributed by atoms with Gasteiger partial charge in [0.2, 0.25) is 0 Å². The van der Waals surface area contributed by atoms with Crippen molar-refractivity contribution in [1.29, 1.82) is 0 Å². The number of halogens is 1. The molecule has 13 heavy (non-hydrogen) atoms. The van der Waals surface area contributed by atoms with Crippen molar-refractivity contribution in [2.24, 2.45) is 0 Å².